The van der Waals surface area contributed by atoms with E-state index in [1.54, 1.807) is 26.2 Å². The number of benzene rings is 2. The second-order valence-corrected chi connectivity index (χ2v) is 7.64. The minimum Gasteiger partial charge on any atom is -0.358 e. The van der Waals surface area contributed by atoms with Crippen LogP contribution in [0.1, 0.15) is 5.69 Å². The Balaban J connectivity index is 2.29. The Hall–Kier alpha value is -2.11. The van der Waals surface area contributed by atoms with Crippen molar-refractivity contribution in [2.75, 3.05) is 14.1 Å². The highest BCUT2D eigenvalue weighted by Crippen LogP contribution is 2.33. The predicted octanol–water partition coefficient (Wildman–Crippen LogP) is 3.39. The SMILES string of the molecule is Cc1[nH]c2ccc(S(=O)(=O)N(C)C)cc2c1-c1ccccc1. The number of fused-ring (bicyclic) bond motifs is 1. The van der Waals surface area contributed by atoms with Gasteiger partial charge in [-0.15, -0.1) is 0 Å². The third-order valence-electron chi connectivity index (χ3n) is 3.80. The van der Waals surface area contributed by atoms with Gasteiger partial charge in [0.15, 0.2) is 0 Å². The molecule has 2 aromatic carbocycles. The van der Waals surface area contributed by atoms with Gasteiger partial charge in [0.1, 0.15) is 0 Å². The average Bonchev–Trinajstić information content (AvgIpc) is 2.82. The third-order valence-corrected chi connectivity index (χ3v) is 5.61. The van der Waals surface area contributed by atoms with Crippen LogP contribution in [0.5, 0.6) is 0 Å². The molecule has 0 aliphatic carbocycles. The van der Waals surface area contributed by atoms with Crippen molar-refractivity contribution in [3.05, 3.63) is 54.2 Å². The molecule has 0 saturated carbocycles. The predicted molar refractivity (Wildman–Crippen MR) is 89.3 cm³/mol. The zero-order valence-electron chi connectivity index (χ0n) is 12.8. The van der Waals surface area contributed by atoms with E-state index in [0.29, 0.717) is 4.90 Å². The van der Waals surface area contributed by atoms with Gasteiger partial charge in [-0.2, -0.15) is 0 Å². The summed E-state index contributed by atoms with van der Waals surface area (Å²) < 4.78 is 25.9. The van der Waals surface area contributed by atoms with Crippen molar-refractivity contribution in [2.24, 2.45) is 0 Å². The van der Waals surface area contributed by atoms with E-state index in [4.69, 9.17) is 0 Å². The first-order valence-corrected chi connectivity index (χ1v) is 8.45. The molecule has 114 valence electrons. The first-order valence-electron chi connectivity index (χ1n) is 7.01. The molecule has 0 fully saturated rings. The van der Waals surface area contributed by atoms with E-state index < -0.39 is 10.0 Å². The van der Waals surface area contributed by atoms with Gasteiger partial charge in [0.05, 0.1) is 4.90 Å². The number of aryl methyl sites for hydroxylation is 1. The summed E-state index contributed by atoms with van der Waals surface area (Å²) in [6.45, 7) is 2.00. The highest BCUT2D eigenvalue weighted by molar-refractivity contribution is 7.89. The molecule has 0 bridgehead atoms. The summed E-state index contributed by atoms with van der Waals surface area (Å²) >= 11 is 0. The molecule has 0 aliphatic rings. The number of rotatable bonds is 3. The van der Waals surface area contributed by atoms with Crippen molar-refractivity contribution in [3.63, 3.8) is 0 Å². The van der Waals surface area contributed by atoms with Crippen LogP contribution in [0.3, 0.4) is 0 Å². The molecule has 3 rings (SSSR count). The van der Waals surface area contributed by atoms with Gasteiger partial charge in [0, 0.05) is 36.3 Å². The molecule has 0 aliphatic heterocycles. The Kier molecular flexibility index (Phi) is 3.54. The van der Waals surface area contributed by atoms with E-state index in [2.05, 4.69) is 4.98 Å². The minimum atomic E-state index is -3.44. The van der Waals surface area contributed by atoms with E-state index >= 15 is 0 Å². The molecule has 22 heavy (non-hydrogen) atoms. The average molecular weight is 314 g/mol. The van der Waals surface area contributed by atoms with E-state index in [9.17, 15) is 8.42 Å². The summed E-state index contributed by atoms with van der Waals surface area (Å²) in [4.78, 5) is 3.63. The van der Waals surface area contributed by atoms with Gasteiger partial charge in [-0.1, -0.05) is 30.3 Å². The highest BCUT2D eigenvalue weighted by Gasteiger charge is 2.19. The third kappa shape index (κ3) is 2.32. The number of aromatic nitrogens is 1. The van der Waals surface area contributed by atoms with Crippen LogP contribution in [0.15, 0.2) is 53.4 Å². The Labute approximate surface area is 130 Å². The van der Waals surface area contributed by atoms with Gasteiger partial charge in [0.25, 0.3) is 0 Å². The maximum atomic E-state index is 12.3. The number of nitrogens with zero attached hydrogens (tertiary/aromatic N) is 1. The molecule has 0 amide bonds. The summed E-state index contributed by atoms with van der Waals surface area (Å²) in [6, 6.07) is 15.2. The van der Waals surface area contributed by atoms with E-state index in [0.717, 1.165) is 27.7 Å². The highest BCUT2D eigenvalue weighted by atomic mass is 32.2. The van der Waals surface area contributed by atoms with Gasteiger partial charge >= 0.3 is 0 Å². The topological polar surface area (TPSA) is 53.2 Å². The Morgan fingerprint density at radius 2 is 1.68 bits per heavy atom. The van der Waals surface area contributed by atoms with Crippen LogP contribution >= 0.6 is 0 Å². The molecule has 1 N–H and O–H groups in total. The quantitative estimate of drug-likeness (QED) is 0.805. The summed E-state index contributed by atoms with van der Waals surface area (Å²) in [6.07, 6.45) is 0. The fourth-order valence-electron chi connectivity index (χ4n) is 2.65. The molecule has 0 unspecified atom stereocenters. The first kappa shape index (κ1) is 14.8. The van der Waals surface area contributed by atoms with Crippen LogP contribution in [-0.4, -0.2) is 31.8 Å². The number of H-pyrrole nitrogens is 1. The van der Waals surface area contributed by atoms with Crippen LogP contribution in [0.2, 0.25) is 0 Å². The zero-order valence-corrected chi connectivity index (χ0v) is 13.6. The number of hydrogen-bond acceptors (Lipinski definition) is 2. The van der Waals surface area contributed by atoms with Gasteiger partial charge in [0.2, 0.25) is 10.0 Å². The minimum absolute atomic E-state index is 0.307. The lowest BCUT2D eigenvalue weighted by molar-refractivity contribution is 0.521. The van der Waals surface area contributed by atoms with E-state index in [-0.39, 0.29) is 0 Å². The fourth-order valence-corrected chi connectivity index (χ4v) is 3.58. The largest absolute Gasteiger partial charge is 0.358 e. The van der Waals surface area contributed by atoms with E-state index in [1.165, 1.54) is 4.31 Å². The van der Waals surface area contributed by atoms with Crippen molar-refractivity contribution in [2.45, 2.75) is 11.8 Å². The summed E-state index contributed by atoms with van der Waals surface area (Å²) in [5.41, 5.74) is 4.09. The van der Waals surface area contributed by atoms with Gasteiger partial charge < -0.3 is 4.98 Å². The van der Waals surface area contributed by atoms with Crippen LogP contribution in [0, 0.1) is 6.92 Å². The molecular weight excluding hydrogens is 296 g/mol. The van der Waals surface area contributed by atoms with Gasteiger partial charge in [-0.3, -0.25) is 0 Å². The number of aromatic amines is 1. The number of sulfonamides is 1. The van der Waals surface area contributed by atoms with Crippen LogP contribution in [0.25, 0.3) is 22.0 Å². The Bertz CT molecular complexity index is 926. The van der Waals surface area contributed by atoms with Crippen molar-refractivity contribution < 1.29 is 8.42 Å². The Morgan fingerprint density at radius 1 is 1.00 bits per heavy atom. The molecule has 1 aromatic heterocycles. The molecular formula is C17H18N2O2S. The maximum absolute atomic E-state index is 12.3. The lowest BCUT2D eigenvalue weighted by atomic mass is 10.0. The normalized spacial score (nSPS) is 12.2. The fraction of sp³-hybridized carbons (Fsp3) is 0.176. The Morgan fingerprint density at radius 3 is 2.32 bits per heavy atom. The van der Waals surface area contributed by atoms with Crippen molar-refractivity contribution in [1.82, 2.24) is 9.29 Å². The summed E-state index contributed by atoms with van der Waals surface area (Å²) in [7, 11) is -0.355. The standard InChI is InChI=1S/C17H18N2O2S/c1-12-17(13-7-5-4-6-8-13)15-11-14(9-10-16(15)18-12)22(20,21)19(2)3/h4-11,18H,1-3H3. The molecule has 0 saturated heterocycles. The van der Waals surface area contributed by atoms with Crippen LogP contribution in [-0.2, 0) is 10.0 Å². The number of hydrogen-bond donors (Lipinski definition) is 1. The first-order chi connectivity index (χ1) is 10.4. The molecule has 3 aromatic rings. The van der Waals surface area contributed by atoms with Crippen LogP contribution < -0.4 is 0 Å². The molecule has 5 heteroatoms. The van der Waals surface area contributed by atoms with Crippen molar-refractivity contribution >= 4 is 20.9 Å². The molecule has 4 nitrogen and oxygen atoms in total. The molecule has 1 heterocycles. The smallest absolute Gasteiger partial charge is 0.242 e. The molecule has 0 atom stereocenters. The monoisotopic (exact) mass is 314 g/mol. The van der Waals surface area contributed by atoms with Gasteiger partial charge in [-0.25, -0.2) is 12.7 Å². The maximum Gasteiger partial charge on any atom is 0.242 e. The molecule has 0 spiro atoms. The van der Waals surface area contributed by atoms with Gasteiger partial charge in [-0.05, 0) is 30.7 Å². The second-order valence-electron chi connectivity index (χ2n) is 5.49. The lowest BCUT2D eigenvalue weighted by Crippen LogP contribution is -2.22. The number of nitrogens with one attached hydrogen (secondary N) is 1. The second kappa shape index (κ2) is 5.26. The van der Waals surface area contributed by atoms with Crippen LogP contribution in [0.4, 0.5) is 0 Å². The van der Waals surface area contributed by atoms with E-state index in [1.807, 2.05) is 43.3 Å². The summed E-state index contributed by atoms with van der Waals surface area (Å²) in [5, 5.41) is 0.923. The molecule has 0 radical (unpaired) electrons. The van der Waals surface area contributed by atoms with Crippen molar-refractivity contribution in [3.8, 4) is 11.1 Å². The summed E-state index contributed by atoms with van der Waals surface area (Å²) in [5.74, 6) is 0. The zero-order chi connectivity index (χ0) is 15.9. The van der Waals surface area contributed by atoms with Crippen molar-refractivity contribution in [1.29, 1.82) is 0 Å². The lowest BCUT2D eigenvalue weighted by Gasteiger charge is -2.11.